The Kier molecular flexibility index (Phi) is 7.14. The molecular formula is C30H29F2N5O4. The van der Waals surface area contributed by atoms with Gasteiger partial charge in [0, 0.05) is 50.1 Å². The molecule has 0 bridgehead atoms. The number of likely N-dealkylation sites (tertiary alicyclic amines) is 1. The summed E-state index contributed by atoms with van der Waals surface area (Å²) in [5.41, 5.74) is 3.40. The Labute approximate surface area is 234 Å². The molecule has 6 rings (SSSR count). The summed E-state index contributed by atoms with van der Waals surface area (Å²) in [6.45, 7) is 1.49. The Bertz CT molecular complexity index is 1780. The van der Waals surface area contributed by atoms with E-state index in [9.17, 15) is 18.7 Å². The molecule has 0 spiro atoms. The molecule has 1 aliphatic rings. The molecule has 0 aliphatic carbocycles. The lowest BCUT2D eigenvalue weighted by molar-refractivity contribution is -0.0498. The number of β-amino-alcohol motifs (C(OH)–C–C–N with tert-alkyl or cyclic N) is 1. The van der Waals surface area contributed by atoms with Crippen LogP contribution in [0.4, 0.5) is 8.78 Å². The summed E-state index contributed by atoms with van der Waals surface area (Å²) in [4.78, 5) is 25.6. The number of aliphatic hydroxyl groups is 1. The number of pyridine rings is 2. The van der Waals surface area contributed by atoms with Gasteiger partial charge >= 0.3 is 6.61 Å². The fourth-order valence-corrected chi connectivity index (χ4v) is 5.23. The number of fused-ring (bicyclic) bond motifs is 2. The quantitative estimate of drug-likeness (QED) is 0.289. The topological polar surface area (TPSA) is 94.6 Å². The van der Waals surface area contributed by atoms with E-state index < -0.39 is 6.61 Å². The first-order valence-electron chi connectivity index (χ1n) is 13.4. The molecule has 1 fully saturated rings. The normalized spacial score (nSPS) is 14.2. The zero-order valence-corrected chi connectivity index (χ0v) is 22.6. The number of aryl methyl sites for hydroxylation is 1. The summed E-state index contributed by atoms with van der Waals surface area (Å²) in [6, 6.07) is 17.0. The average molecular weight is 562 g/mol. The van der Waals surface area contributed by atoms with Crippen molar-refractivity contribution >= 4 is 22.1 Å². The molecule has 0 amide bonds. The molecule has 9 nitrogen and oxygen atoms in total. The lowest BCUT2D eigenvalue weighted by atomic mass is 10.0. The fraction of sp³-hybridized carbons (Fsp3) is 0.300. The molecule has 11 heteroatoms. The highest BCUT2D eigenvalue weighted by Gasteiger charge is 2.24. The van der Waals surface area contributed by atoms with Gasteiger partial charge in [-0.25, -0.2) is 4.98 Å². The van der Waals surface area contributed by atoms with Gasteiger partial charge in [-0.05, 0) is 61.0 Å². The van der Waals surface area contributed by atoms with Crippen LogP contribution in [-0.2, 0) is 13.5 Å². The molecule has 1 saturated heterocycles. The molecule has 2 aromatic carbocycles. The predicted molar refractivity (Wildman–Crippen MR) is 151 cm³/mol. The number of alkyl halides is 2. The number of aliphatic hydroxyl groups excluding tert-OH is 1. The number of nitrogens with zero attached hydrogens (tertiary/aromatic N) is 5. The van der Waals surface area contributed by atoms with Crippen molar-refractivity contribution in [3.05, 3.63) is 76.8 Å². The number of hydrogen-bond acceptors (Lipinski definition) is 7. The molecule has 0 atom stereocenters. The van der Waals surface area contributed by atoms with Crippen molar-refractivity contribution in [3.8, 4) is 28.4 Å². The number of imidazole rings is 1. The summed E-state index contributed by atoms with van der Waals surface area (Å²) in [5.74, 6) is 1.28. The van der Waals surface area contributed by atoms with Crippen molar-refractivity contribution < 1.29 is 23.4 Å². The van der Waals surface area contributed by atoms with Crippen LogP contribution in [0.5, 0.6) is 11.6 Å². The summed E-state index contributed by atoms with van der Waals surface area (Å²) < 4.78 is 39.0. The first kappa shape index (κ1) is 26.9. The molecule has 41 heavy (non-hydrogen) atoms. The van der Waals surface area contributed by atoms with Crippen molar-refractivity contribution in [2.45, 2.75) is 26.1 Å². The van der Waals surface area contributed by atoms with Crippen LogP contribution in [0.3, 0.4) is 0 Å². The highest BCUT2D eigenvalue weighted by atomic mass is 19.3. The highest BCUT2D eigenvalue weighted by molar-refractivity contribution is 5.87. The molecule has 0 unspecified atom stereocenters. The van der Waals surface area contributed by atoms with E-state index in [1.54, 1.807) is 24.3 Å². The van der Waals surface area contributed by atoms with Gasteiger partial charge in [0.1, 0.15) is 11.6 Å². The number of aromatic nitrogens is 4. The van der Waals surface area contributed by atoms with Crippen LogP contribution in [0.1, 0.15) is 12.7 Å². The largest absolute Gasteiger partial charge is 0.478 e. The molecule has 1 aliphatic heterocycles. The lowest BCUT2D eigenvalue weighted by Gasteiger charge is -2.35. The van der Waals surface area contributed by atoms with E-state index in [4.69, 9.17) is 9.72 Å². The van der Waals surface area contributed by atoms with Gasteiger partial charge in [0.2, 0.25) is 5.88 Å². The zero-order chi connectivity index (χ0) is 28.7. The van der Waals surface area contributed by atoms with Crippen LogP contribution in [0.2, 0.25) is 0 Å². The SMILES string of the molecule is CCOc1ccc2cc(-c3ccc4nc(CCN5CC(O)C5)n(C)c4c3)c(=O)n(-c3ccc(OC(F)F)cc3)c2n1. The van der Waals surface area contributed by atoms with E-state index in [1.807, 2.05) is 42.8 Å². The van der Waals surface area contributed by atoms with E-state index in [0.717, 1.165) is 29.8 Å². The third-order valence-electron chi connectivity index (χ3n) is 7.31. The number of ether oxygens (including phenoxy) is 2. The van der Waals surface area contributed by atoms with Gasteiger partial charge in [-0.1, -0.05) is 6.07 Å². The second-order valence-corrected chi connectivity index (χ2v) is 10.0. The van der Waals surface area contributed by atoms with E-state index >= 15 is 0 Å². The standard InChI is InChI=1S/C30H29F2N5O4/c1-3-40-27-11-5-19-14-23(29(39)37(28(19)34-27)20-6-8-22(9-7-20)41-30(31)32)18-4-10-24-25(15-18)35(2)26(33-24)12-13-36-16-21(38)17-36/h4-11,14-15,21,30,38H,3,12-13,16-17H2,1-2H3. The van der Waals surface area contributed by atoms with Crippen LogP contribution < -0.4 is 15.0 Å². The molecule has 0 saturated carbocycles. The van der Waals surface area contributed by atoms with E-state index in [0.29, 0.717) is 53.4 Å². The summed E-state index contributed by atoms with van der Waals surface area (Å²) in [5, 5.41) is 10.3. The maximum atomic E-state index is 14.1. The van der Waals surface area contributed by atoms with Gasteiger partial charge < -0.3 is 19.1 Å². The first-order chi connectivity index (χ1) is 19.8. The van der Waals surface area contributed by atoms with Crippen molar-refractivity contribution in [2.24, 2.45) is 7.05 Å². The van der Waals surface area contributed by atoms with E-state index in [-0.39, 0.29) is 17.4 Å². The molecule has 1 N–H and O–H groups in total. The summed E-state index contributed by atoms with van der Waals surface area (Å²) >= 11 is 0. The molecule has 0 radical (unpaired) electrons. The van der Waals surface area contributed by atoms with Crippen LogP contribution >= 0.6 is 0 Å². The minimum Gasteiger partial charge on any atom is -0.478 e. The molecule has 5 aromatic rings. The average Bonchev–Trinajstić information content (AvgIpc) is 3.25. The van der Waals surface area contributed by atoms with Gasteiger partial charge in [-0.2, -0.15) is 13.8 Å². The minimum atomic E-state index is -2.95. The Morgan fingerprint density at radius 1 is 1.05 bits per heavy atom. The Morgan fingerprint density at radius 2 is 1.83 bits per heavy atom. The van der Waals surface area contributed by atoms with Crippen LogP contribution in [0, 0.1) is 0 Å². The second-order valence-electron chi connectivity index (χ2n) is 10.0. The summed E-state index contributed by atoms with van der Waals surface area (Å²) in [6.07, 6.45) is 0.503. The Morgan fingerprint density at radius 3 is 2.54 bits per heavy atom. The number of hydrogen-bond donors (Lipinski definition) is 1. The minimum absolute atomic E-state index is 0.0111. The molecule has 212 valence electrons. The third-order valence-corrected chi connectivity index (χ3v) is 7.31. The van der Waals surface area contributed by atoms with Crippen molar-refractivity contribution in [1.29, 1.82) is 0 Å². The maximum Gasteiger partial charge on any atom is 0.387 e. The monoisotopic (exact) mass is 561 g/mol. The van der Waals surface area contributed by atoms with Crippen molar-refractivity contribution in [1.82, 2.24) is 24.0 Å². The van der Waals surface area contributed by atoms with E-state index in [1.165, 1.54) is 16.7 Å². The number of benzene rings is 2. The van der Waals surface area contributed by atoms with Gasteiger partial charge in [0.25, 0.3) is 5.56 Å². The smallest absolute Gasteiger partial charge is 0.387 e. The maximum absolute atomic E-state index is 14.1. The Hall–Kier alpha value is -4.35. The molecular weight excluding hydrogens is 532 g/mol. The summed E-state index contributed by atoms with van der Waals surface area (Å²) in [7, 11) is 1.96. The fourth-order valence-electron chi connectivity index (χ4n) is 5.23. The number of rotatable bonds is 9. The van der Waals surface area contributed by atoms with Crippen LogP contribution in [0.25, 0.3) is 38.9 Å². The van der Waals surface area contributed by atoms with Gasteiger partial charge in [0.15, 0.2) is 5.65 Å². The zero-order valence-electron chi connectivity index (χ0n) is 22.6. The predicted octanol–water partition coefficient (Wildman–Crippen LogP) is 4.16. The van der Waals surface area contributed by atoms with E-state index in [2.05, 4.69) is 14.6 Å². The molecule has 4 heterocycles. The first-order valence-corrected chi connectivity index (χ1v) is 13.4. The highest BCUT2D eigenvalue weighted by Crippen LogP contribution is 2.28. The van der Waals surface area contributed by atoms with Crippen LogP contribution in [-0.4, -0.2) is 68.1 Å². The van der Waals surface area contributed by atoms with Crippen LogP contribution in [0.15, 0.2) is 65.5 Å². The van der Waals surface area contributed by atoms with Gasteiger partial charge in [0.05, 0.1) is 29.4 Å². The molecule has 3 aromatic heterocycles. The van der Waals surface area contributed by atoms with Gasteiger partial charge in [-0.15, -0.1) is 0 Å². The third kappa shape index (κ3) is 5.25. The van der Waals surface area contributed by atoms with Crippen molar-refractivity contribution in [3.63, 3.8) is 0 Å². The van der Waals surface area contributed by atoms with Gasteiger partial charge in [-0.3, -0.25) is 14.3 Å². The van der Waals surface area contributed by atoms with Crippen molar-refractivity contribution in [2.75, 3.05) is 26.2 Å². The lowest BCUT2D eigenvalue weighted by Crippen LogP contribution is -2.51. The number of halogens is 2. The second kappa shape index (κ2) is 10.9. The Balaban J connectivity index is 1.44.